The fourth-order valence-corrected chi connectivity index (χ4v) is 3.23. The van der Waals surface area contributed by atoms with Gasteiger partial charge in [0.15, 0.2) is 0 Å². The molecule has 0 spiro atoms. The van der Waals surface area contributed by atoms with Crippen molar-refractivity contribution in [1.29, 1.82) is 0 Å². The molecule has 3 atom stereocenters. The number of piperazine rings is 1. The summed E-state index contributed by atoms with van der Waals surface area (Å²) in [5.74, 6) is 0.749. The SMILES string of the molecule is CC(C)C1NC(=O)CN(C2CCOC2C2CC2)C1=O. The molecule has 5 heteroatoms. The maximum atomic E-state index is 12.5. The fraction of sp³-hybridized carbons (Fsp3) is 0.857. The van der Waals surface area contributed by atoms with E-state index in [-0.39, 0.29) is 42.5 Å². The van der Waals surface area contributed by atoms with Crippen LogP contribution >= 0.6 is 0 Å². The van der Waals surface area contributed by atoms with E-state index in [0.717, 1.165) is 6.42 Å². The van der Waals surface area contributed by atoms with Crippen molar-refractivity contribution in [3.8, 4) is 0 Å². The second kappa shape index (κ2) is 4.78. The van der Waals surface area contributed by atoms with E-state index in [1.54, 1.807) is 4.90 Å². The maximum Gasteiger partial charge on any atom is 0.246 e. The lowest BCUT2D eigenvalue weighted by atomic mass is 9.97. The number of nitrogens with one attached hydrogen (secondary N) is 1. The number of hydrogen-bond acceptors (Lipinski definition) is 3. The number of carbonyl (C=O) groups excluding carboxylic acids is 2. The highest BCUT2D eigenvalue weighted by Gasteiger charge is 2.47. The smallest absolute Gasteiger partial charge is 0.246 e. The summed E-state index contributed by atoms with van der Waals surface area (Å²) in [7, 11) is 0. The first-order valence-corrected chi connectivity index (χ1v) is 7.29. The molecule has 106 valence electrons. The Morgan fingerprint density at radius 2 is 2.00 bits per heavy atom. The van der Waals surface area contributed by atoms with E-state index in [9.17, 15) is 9.59 Å². The van der Waals surface area contributed by atoms with Gasteiger partial charge in [0.1, 0.15) is 12.6 Å². The highest BCUT2D eigenvalue weighted by Crippen LogP contribution is 2.40. The summed E-state index contributed by atoms with van der Waals surface area (Å²) in [6.07, 6.45) is 3.42. The van der Waals surface area contributed by atoms with Crippen LogP contribution in [0.15, 0.2) is 0 Å². The van der Waals surface area contributed by atoms with Crippen LogP contribution in [0, 0.1) is 11.8 Å². The average Bonchev–Trinajstić information content (AvgIpc) is 3.09. The molecule has 3 fully saturated rings. The molecule has 0 aromatic carbocycles. The molecule has 1 aliphatic carbocycles. The summed E-state index contributed by atoms with van der Waals surface area (Å²) in [6, 6.07) is -0.269. The Hall–Kier alpha value is -1.10. The van der Waals surface area contributed by atoms with E-state index in [0.29, 0.717) is 12.5 Å². The Morgan fingerprint density at radius 1 is 1.26 bits per heavy atom. The molecule has 0 aromatic heterocycles. The molecule has 1 N–H and O–H groups in total. The van der Waals surface area contributed by atoms with Crippen LogP contribution in [0.5, 0.6) is 0 Å². The minimum atomic E-state index is -0.373. The molecular formula is C14H22N2O3. The molecule has 19 heavy (non-hydrogen) atoms. The van der Waals surface area contributed by atoms with Gasteiger partial charge in [0, 0.05) is 6.61 Å². The largest absolute Gasteiger partial charge is 0.376 e. The number of ether oxygens (including phenoxy) is 1. The summed E-state index contributed by atoms with van der Waals surface area (Å²) >= 11 is 0. The molecular weight excluding hydrogens is 244 g/mol. The maximum absolute atomic E-state index is 12.5. The van der Waals surface area contributed by atoms with Crippen LogP contribution in [0.25, 0.3) is 0 Å². The van der Waals surface area contributed by atoms with Crippen LogP contribution < -0.4 is 5.32 Å². The van der Waals surface area contributed by atoms with Crippen molar-refractivity contribution in [2.75, 3.05) is 13.2 Å². The Morgan fingerprint density at radius 3 is 2.63 bits per heavy atom. The van der Waals surface area contributed by atoms with Gasteiger partial charge in [-0.1, -0.05) is 13.8 Å². The minimum Gasteiger partial charge on any atom is -0.376 e. The molecule has 2 heterocycles. The third-order valence-corrected chi connectivity index (χ3v) is 4.44. The molecule has 3 unspecified atom stereocenters. The second-order valence-electron chi connectivity index (χ2n) is 6.28. The van der Waals surface area contributed by atoms with E-state index < -0.39 is 0 Å². The van der Waals surface area contributed by atoms with Crippen molar-refractivity contribution in [3.63, 3.8) is 0 Å². The van der Waals surface area contributed by atoms with Crippen LogP contribution in [0.4, 0.5) is 0 Å². The van der Waals surface area contributed by atoms with Gasteiger partial charge in [-0.25, -0.2) is 0 Å². The third kappa shape index (κ3) is 2.36. The Balaban J connectivity index is 1.78. The average molecular weight is 266 g/mol. The van der Waals surface area contributed by atoms with Gasteiger partial charge >= 0.3 is 0 Å². The predicted octanol–water partition coefficient (Wildman–Crippen LogP) is 0.537. The van der Waals surface area contributed by atoms with Crippen LogP contribution in [-0.4, -0.2) is 48.1 Å². The fourth-order valence-electron chi connectivity index (χ4n) is 3.23. The standard InChI is InChI=1S/C14H22N2O3/c1-8(2)12-14(18)16(7-11(17)15-12)10-5-6-19-13(10)9-3-4-9/h8-10,12-13H,3-7H2,1-2H3,(H,15,17). The van der Waals surface area contributed by atoms with Crippen LogP contribution in [-0.2, 0) is 14.3 Å². The van der Waals surface area contributed by atoms with Crippen molar-refractivity contribution < 1.29 is 14.3 Å². The lowest BCUT2D eigenvalue weighted by Gasteiger charge is -2.39. The first-order chi connectivity index (χ1) is 9.08. The van der Waals surface area contributed by atoms with Gasteiger partial charge in [-0.15, -0.1) is 0 Å². The van der Waals surface area contributed by atoms with Crippen LogP contribution in [0.3, 0.4) is 0 Å². The summed E-state index contributed by atoms with van der Waals surface area (Å²) in [5, 5.41) is 2.81. The summed E-state index contributed by atoms with van der Waals surface area (Å²) in [6.45, 7) is 4.84. The number of amides is 2. The molecule has 5 nitrogen and oxygen atoms in total. The normalized spacial score (nSPS) is 35.9. The summed E-state index contributed by atoms with van der Waals surface area (Å²) < 4.78 is 5.80. The predicted molar refractivity (Wildman–Crippen MR) is 69.4 cm³/mol. The summed E-state index contributed by atoms with van der Waals surface area (Å²) in [5.41, 5.74) is 0. The van der Waals surface area contributed by atoms with Crippen molar-refractivity contribution >= 4 is 11.8 Å². The zero-order valence-corrected chi connectivity index (χ0v) is 11.6. The monoisotopic (exact) mass is 266 g/mol. The number of hydrogen-bond donors (Lipinski definition) is 1. The number of carbonyl (C=O) groups is 2. The minimum absolute atomic E-state index is 0.0419. The molecule has 2 saturated heterocycles. The van der Waals surface area contributed by atoms with Gasteiger partial charge in [0.25, 0.3) is 0 Å². The van der Waals surface area contributed by atoms with E-state index in [4.69, 9.17) is 4.74 Å². The van der Waals surface area contributed by atoms with Crippen LogP contribution in [0.1, 0.15) is 33.1 Å². The van der Waals surface area contributed by atoms with Crippen molar-refractivity contribution in [1.82, 2.24) is 10.2 Å². The first-order valence-electron chi connectivity index (χ1n) is 7.29. The first kappa shape index (κ1) is 12.9. The number of nitrogens with zero attached hydrogens (tertiary/aromatic N) is 1. The lowest BCUT2D eigenvalue weighted by Crippen LogP contribution is -2.63. The van der Waals surface area contributed by atoms with E-state index >= 15 is 0 Å². The van der Waals surface area contributed by atoms with Gasteiger partial charge in [-0.2, -0.15) is 0 Å². The van der Waals surface area contributed by atoms with Crippen LogP contribution in [0.2, 0.25) is 0 Å². The van der Waals surface area contributed by atoms with Crippen molar-refractivity contribution in [2.24, 2.45) is 11.8 Å². The molecule has 3 aliphatic rings. The van der Waals surface area contributed by atoms with Crippen molar-refractivity contribution in [3.05, 3.63) is 0 Å². The third-order valence-electron chi connectivity index (χ3n) is 4.44. The van der Waals surface area contributed by atoms with E-state index in [1.807, 2.05) is 13.8 Å². The lowest BCUT2D eigenvalue weighted by molar-refractivity contribution is -0.149. The topological polar surface area (TPSA) is 58.6 Å². The quantitative estimate of drug-likeness (QED) is 0.811. The summed E-state index contributed by atoms with van der Waals surface area (Å²) in [4.78, 5) is 26.2. The molecule has 3 rings (SSSR count). The van der Waals surface area contributed by atoms with E-state index in [2.05, 4.69) is 5.32 Å². The highest BCUT2D eigenvalue weighted by molar-refractivity contribution is 5.95. The van der Waals surface area contributed by atoms with Gasteiger partial charge in [0.2, 0.25) is 11.8 Å². The zero-order chi connectivity index (χ0) is 13.6. The zero-order valence-electron chi connectivity index (χ0n) is 11.6. The Kier molecular flexibility index (Phi) is 3.25. The van der Waals surface area contributed by atoms with Gasteiger partial charge in [0.05, 0.1) is 12.1 Å². The molecule has 2 aliphatic heterocycles. The molecule has 1 saturated carbocycles. The number of rotatable bonds is 3. The van der Waals surface area contributed by atoms with Gasteiger partial charge in [-0.3, -0.25) is 9.59 Å². The highest BCUT2D eigenvalue weighted by atomic mass is 16.5. The molecule has 0 aromatic rings. The molecule has 2 amide bonds. The van der Waals surface area contributed by atoms with E-state index in [1.165, 1.54) is 12.8 Å². The molecule has 0 bridgehead atoms. The Labute approximate surface area is 113 Å². The van der Waals surface area contributed by atoms with Crippen molar-refractivity contribution in [2.45, 2.75) is 51.3 Å². The van der Waals surface area contributed by atoms with Gasteiger partial charge in [-0.05, 0) is 31.1 Å². The van der Waals surface area contributed by atoms with Gasteiger partial charge < -0.3 is 15.0 Å². The second-order valence-corrected chi connectivity index (χ2v) is 6.28. The Bertz CT molecular complexity index is 392. The molecule has 0 radical (unpaired) electrons.